The van der Waals surface area contributed by atoms with Gasteiger partial charge in [0, 0.05) is 19.4 Å². The quantitative estimate of drug-likeness (QED) is 0.894. The number of aromatic nitrogens is 3. The molecule has 0 bridgehead atoms. The summed E-state index contributed by atoms with van der Waals surface area (Å²) in [6.45, 7) is 2.21. The molecule has 1 aliphatic rings. The van der Waals surface area contributed by atoms with Gasteiger partial charge in [-0.15, -0.1) is 0 Å². The average molecular weight is 247 g/mol. The first-order chi connectivity index (χ1) is 8.65. The molecular weight excluding hydrogens is 230 g/mol. The molecule has 3 rings (SSSR count). The minimum Gasteiger partial charge on any atom is -0.463 e. The van der Waals surface area contributed by atoms with E-state index >= 15 is 0 Å². The summed E-state index contributed by atoms with van der Waals surface area (Å²) in [5.41, 5.74) is 0. The highest BCUT2D eigenvalue weighted by Gasteiger charge is 2.36. The van der Waals surface area contributed by atoms with Gasteiger partial charge in [-0.25, -0.2) is 4.98 Å². The number of furan rings is 1. The van der Waals surface area contributed by atoms with E-state index < -0.39 is 6.10 Å². The van der Waals surface area contributed by atoms with Crippen molar-refractivity contribution < 1.29 is 9.52 Å². The third-order valence-corrected chi connectivity index (χ3v) is 3.63. The van der Waals surface area contributed by atoms with Crippen LogP contribution in [0, 0.1) is 5.92 Å². The number of aryl methyl sites for hydroxylation is 1. The normalized spacial score (nSPS) is 24.2. The van der Waals surface area contributed by atoms with Crippen LogP contribution >= 0.6 is 0 Å². The first-order valence-electron chi connectivity index (χ1n) is 6.25. The molecule has 1 aliphatic carbocycles. The summed E-state index contributed by atoms with van der Waals surface area (Å²) in [7, 11) is 1.81. The van der Waals surface area contributed by atoms with E-state index in [1.165, 1.54) is 12.7 Å². The van der Waals surface area contributed by atoms with Crippen LogP contribution in [0.2, 0.25) is 0 Å². The molecule has 1 fully saturated rings. The van der Waals surface area contributed by atoms with Gasteiger partial charge in [-0.05, 0) is 24.5 Å². The zero-order chi connectivity index (χ0) is 12.7. The summed E-state index contributed by atoms with van der Waals surface area (Å²) in [5, 5.41) is 14.1. The predicted molar refractivity (Wildman–Crippen MR) is 64.9 cm³/mol. The van der Waals surface area contributed by atoms with Crippen molar-refractivity contribution in [2.75, 3.05) is 0 Å². The Morgan fingerprint density at radius 1 is 1.56 bits per heavy atom. The highest BCUT2D eigenvalue weighted by Crippen LogP contribution is 2.47. The van der Waals surface area contributed by atoms with Crippen LogP contribution in [0.1, 0.15) is 42.7 Å². The maximum absolute atomic E-state index is 10.1. The van der Waals surface area contributed by atoms with Gasteiger partial charge in [0.1, 0.15) is 29.8 Å². The smallest absolute Gasteiger partial charge is 0.138 e. The van der Waals surface area contributed by atoms with E-state index in [-0.39, 0.29) is 0 Å². The fraction of sp³-hybridized carbons (Fsp3) is 0.538. The molecule has 0 spiro atoms. The fourth-order valence-electron chi connectivity index (χ4n) is 2.24. The van der Waals surface area contributed by atoms with E-state index in [0.717, 1.165) is 11.6 Å². The summed E-state index contributed by atoms with van der Waals surface area (Å²) in [6.07, 6.45) is 2.44. The number of aliphatic hydroxyl groups excluding tert-OH is 1. The second-order valence-electron chi connectivity index (χ2n) is 5.08. The number of aliphatic hydroxyl groups is 1. The van der Waals surface area contributed by atoms with Gasteiger partial charge in [0.2, 0.25) is 0 Å². The van der Waals surface area contributed by atoms with Gasteiger partial charge in [-0.1, -0.05) is 6.92 Å². The van der Waals surface area contributed by atoms with E-state index in [9.17, 15) is 5.11 Å². The van der Waals surface area contributed by atoms with E-state index in [1.54, 1.807) is 4.68 Å². The fourth-order valence-corrected chi connectivity index (χ4v) is 2.24. The summed E-state index contributed by atoms with van der Waals surface area (Å²) < 4.78 is 7.38. The van der Waals surface area contributed by atoms with Gasteiger partial charge in [0.25, 0.3) is 0 Å². The lowest BCUT2D eigenvalue weighted by molar-refractivity contribution is 0.144. The van der Waals surface area contributed by atoms with Gasteiger partial charge < -0.3 is 9.52 Å². The molecule has 1 saturated carbocycles. The molecule has 0 aromatic carbocycles. The van der Waals surface area contributed by atoms with E-state index in [0.29, 0.717) is 24.0 Å². The van der Waals surface area contributed by atoms with Crippen LogP contribution in [0.15, 0.2) is 22.9 Å². The number of rotatable bonds is 4. The molecule has 2 aromatic rings. The molecule has 0 aliphatic heterocycles. The van der Waals surface area contributed by atoms with Gasteiger partial charge in [-0.2, -0.15) is 5.10 Å². The van der Waals surface area contributed by atoms with Crippen LogP contribution in [-0.4, -0.2) is 19.9 Å². The maximum Gasteiger partial charge on any atom is 0.138 e. The Kier molecular flexibility index (Phi) is 2.70. The van der Waals surface area contributed by atoms with Crippen LogP contribution < -0.4 is 0 Å². The van der Waals surface area contributed by atoms with Crippen LogP contribution in [0.4, 0.5) is 0 Å². The highest BCUT2D eigenvalue weighted by atomic mass is 16.4. The SMILES string of the molecule is CC1CC1c1ccc(C(O)Cc2ncnn2C)o1. The Bertz CT molecular complexity index is 546. The zero-order valence-corrected chi connectivity index (χ0v) is 10.6. The Labute approximate surface area is 105 Å². The molecule has 0 amide bonds. The molecule has 1 N–H and O–H groups in total. The zero-order valence-electron chi connectivity index (χ0n) is 10.6. The van der Waals surface area contributed by atoms with Crippen LogP contribution in [0.25, 0.3) is 0 Å². The van der Waals surface area contributed by atoms with Crippen molar-refractivity contribution in [2.24, 2.45) is 13.0 Å². The maximum atomic E-state index is 10.1. The van der Waals surface area contributed by atoms with Crippen molar-refractivity contribution in [3.8, 4) is 0 Å². The summed E-state index contributed by atoms with van der Waals surface area (Å²) in [5.74, 6) is 3.61. The molecule has 5 heteroatoms. The van der Waals surface area contributed by atoms with Crippen LogP contribution in [-0.2, 0) is 13.5 Å². The molecule has 2 aromatic heterocycles. The molecule has 96 valence electrons. The topological polar surface area (TPSA) is 64.1 Å². The summed E-state index contributed by atoms with van der Waals surface area (Å²) >= 11 is 0. The molecule has 0 radical (unpaired) electrons. The standard InChI is InChI=1S/C13H17N3O2/c1-8-5-9(8)11-3-4-12(18-11)10(17)6-13-14-7-15-16(13)2/h3-4,7-10,17H,5-6H2,1-2H3. The van der Waals surface area contributed by atoms with E-state index in [2.05, 4.69) is 17.0 Å². The largest absolute Gasteiger partial charge is 0.463 e. The monoisotopic (exact) mass is 247 g/mol. The van der Waals surface area contributed by atoms with Crippen molar-refractivity contribution in [2.45, 2.75) is 31.8 Å². The van der Waals surface area contributed by atoms with Crippen molar-refractivity contribution in [3.05, 3.63) is 35.8 Å². The first kappa shape index (κ1) is 11.5. The highest BCUT2D eigenvalue weighted by molar-refractivity contribution is 5.19. The lowest BCUT2D eigenvalue weighted by atomic mass is 10.2. The van der Waals surface area contributed by atoms with Crippen molar-refractivity contribution in [1.29, 1.82) is 0 Å². The van der Waals surface area contributed by atoms with Gasteiger partial charge in [-0.3, -0.25) is 4.68 Å². The first-order valence-corrected chi connectivity index (χ1v) is 6.25. The lowest BCUT2D eigenvalue weighted by Gasteiger charge is -2.06. The molecule has 2 heterocycles. The summed E-state index contributed by atoms with van der Waals surface area (Å²) in [6, 6.07) is 3.84. The van der Waals surface area contributed by atoms with Crippen LogP contribution in [0.3, 0.4) is 0 Å². The van der Waals surface area contributed by atoms with E-state index in [1.807, 2.05) is 19.2 Å². The number of nitrogens with zero attached hydrogens (tertiary/aromatic N) is 3. The second-order valence-corrected chi connectivity index (χ2v) is 5.08. The third kappa shape index (κ3) is 2.06. The Morgan fingerprint density at radius 3 is 2.94 bits per heavy atom. The third-order valence-electron chi connectivity index (χ3n) is 3.63. The Morgan fingerprint density at radius 2 is 2.33 bits per heavy atom. The average Bonchev–Trinajstić information content (AvgIpc) is 2.79. The predicted octanol–water partition coefficient (Wildman–Crippen LogP) is 1.81. The number of hydrogen-bond donors (Lipinski definition) is 1. The lowest BCUT2D eigenvalue weighted by Crippen LogP contribution is -2.06. The summed E-state index contributed by atoms with van der Waals surface area (Å²) in [4.78, 5) is 4.10. The minimum absolute atomic E-state index is 0.420. The molecular formula is C13H17N3O2. The van der Waals surface area contributed by atoms with Crippen LogP contribution in [0.5, 0.6) is 0 Å². The second kappa shape index (κ2) is 4.24. The van der Waals surface area contributed by atoms with Crippen molar-refractivity contribution in [1.82, 2.24) is 14.8 Å². The van der Waals surface area contributed by atoms with Gasteiger partial charge in [0.05, 0.1) is 0 Å². The van der Waals surface area contributed by atoms with Crippen molar-refractivity contribution in [3.63, 3.8) is 0 Å². The van der Waals surface area contributed by atoms with Gasteiger partial charge >= 0.3 is 0 Å². The van der Waals surface area contributed by atoms with Crippen molar-refractivity contribution >= 4 is 0 Å². The molecule has 5 nitrogen and oxygen atoms in total. The molecule has 0 saturated heterocycles. The van der Waals surface area contributed by atoms with Gasteiger partial charge in [0.15, 0.2) is 0 Å². The number of hydrogen-bond acceptors (Lipinski definition) is 4. The Hall–Kier alpha value is -1.62. The van der Waals surface area contributed by atoms with E-state index in [4.69, 9.17) is 4.42 Å². The molecule has 3 atom stereocenters. The Balaban J connectivity index is 1.70. The minimum atomic E-state index is -0.657. The molecule has 18 heavy (non-hydrogen) atoms. The molecule has 3 unspecified atom stereocenters.